The number of nitrogens with zero attached hydrogens (tertiary/aromatic N) is 3. The van der Waals surface area contributed by atoms with Crippen LogP contribution in [0.4, 0.5) is 0 Å². The predicted molar refractivity (Wildman–Crippen MR) is 62.0 cm³/mol. The summed E-state index contributed by atoms with van der Waals surface area (Å²) in [7, 11) is 1.14. The summed E-state index contributed by atoms with van der Waals surface area (Å²) in [6, 6.07) is 2.79. The highest BCUT2D eigenvalue weighted by Gasteiger charge is 2.37. The molecule has 1 atom stereocenters. The maximum Gasteiger partial charge on any atom is 0.0792 e. The zero-order chi connectivity index (χ0) is 10.8. The molecule has 1 unspecified atom stereocenters. The van der Waals surface area contributed by atoms with E-state index >= 15 is 0 Å². The van der Waals surface area contributed by atoms with E-state index < -0.39 is 0 Å². The van der Waals surface area contributed by atoms with Gasteiger partial charge in [-0.2, -0.15) is 5.26 Å². The summed E-state index contributed by atoms with van der Waals surface area (Å²) in [5.74, 6) is 0. The van der Waals surface area contributed by atoms with Gasteiger partial charge in [-0.15, -0.1) is 0 Å². The molecule has 1 aliphatic heterocycles. The van der Waals surface area contributed by atoms with E-state index in [4.69, 9.17) is 5.26 Å². The molecule has 0 spiro atoms. The SMILES string of the molecule is CC1N(CCC#N)CCN([SiH3])C1(C)C. The molecule has 0 radical (unpaired) electrons. The molecule has 1 fully saturated rings. The fraction of sp³-hybridized carbons (Fsp3) is 0.900. The zero-order valence-electron chi connectivity index (χ0n) is 9.75. The lowest BCUT2D eigenvalue weighted by Gasteiger charge is -2.51. The lowest BCUT2D eigenvalue weighted by molar-refractivity contribution is 0.0275. The minimum absolute atomic E-state index is 0.278. The molecule has 14 heavy (non-hydrogen) atoms. The molecule has 1 saturated heterocycles. The summed E-state index contributed by atoms with van der Waals surface area (Å²) < 4.78 is 2.54. The summed E-state index contributed by atoms with van der Waals surface area (Å²) in [4.78, 5) is 2.44. The third-order valence-corrected chi connectivity index (χ3v) is 5.39. The van der Waals surface area contributed by atoms with E-state index in [-0.39, 0.29) is 5.54 Å². The van der Waals surface area contributed by atoms with Crippen molar-refractivity contribution in [1.29, 1.82) is 5.26 Å². The largest absolute Gasteiger partial charge is 0.325 e. The van der Waals surface area contributed by atoms with Gasteiger partial charge in [0.2, 0.25) is 0 Å². The Hall–Kier alpha value is -0.373. The molecule has 1 aliphatic rings. The van der Waals surface area contributed by atoms with Crippen LogP contribution in [0.1, 0.15) is 27.2 Å². The molecule has 0 N–H and O–H groups in total. The second-order valence-electron chi connectivity index (χ2n) is 4.70. The molecular formula is C10H21N3Si. The van der Waals surface area contributed by atoms with Crippen molar-refractivity contribution in [1.82, 2.24) is 9.47 Å². The summed E-state index contributed by atoms with van der Waals surface area (Å²) in [5.41, 5.74) is 0.278. The number of nitriles is 1. The van der Waals surface area contributed by atoms with Crippen LogP contribution in [0.2, 0.25) is 0 Å². The van der Waals surface area contributed by atoms with Gasteiger partial charge in [0, 0.05) is 37.6 Å². The molecule has 0 aliphatic carbocycles. The molecule has 0 amide bonds. The van der Waals surface area contributed by atoms with Gasteiger partial charge in [0.15, 0.2) is 0 Å². The Bertz CT molecular complexity index is 234. The van der Waals surface area contributed by atoms with E-state index in [1.807, 2.05) is 0 Å². The molecule has 3 nitrogen and oxygen atoms in total. The average Bonchev–Trinajstić information content (AvgIpc) is 2.14. The van der Waals surface area contributed by atoms with Crippen LogP contribution in [0, 0.1) is 11.3 Å². The monoisotopic (exact) mass is 211 g/mol. The Morgan fingerprint density at radius 2 is 2.14 bits per heavy atom. The summed E-state index contributed by atoms with van der Waals surface area (Å²) in [5, 5.41) is 8.59. The smallest absolute Gasteiger partial charge is 0.0792 e. The molecule has 4 heteroatoms. The maximum absolute atomic E-state index is 8.59. The third kappa shape index (κ3) is 2.16. The molecule has 0 aromatic heterocycles. The minimum Gasteiger partial charge on any atom is -0.325 e. The first-order valence-corrected chi connectivity index (χ1v) is 6.22. The van der Waals surface area contributed by atoms with Crippen molar-refractivity contribution in [3.05, 3.63) is 0 Å². The van der Waals surface area contributed by atoms with Crippen LogP contribution < -0.4 is 0 Å². The van der Waals surface area contributed by atoms with Crippen LogP contribution >= 0.6 is 0 Å². The molecule has 0 saturated carbocycles. The van der Waals surface area contributed by atoms with Crippen molar-refractivity contribution >= 4 is 10.4 Å². The zero-order valence-corrected chi connectivity index (χ0v) is 11.7. The topological polar surface area (TPSA) is 30.3 Å². The fourth-order valence-corrected chi connectivity index (χ4v) is 2.60. The van der Waals surface area contributed by atoms with Crippen molar-refractivity contribution in [3.63, 3.8) is 0 Å². The normalized spacial score (nSPS) is 28.9. The van der Waals surface area contributed by atoms with E-state index in [2.05, 4.69) is 36.3 Å². The number of hydrogen-bond acceptors (Lipinski definition) is 3. The minimum atomic E-state index is 0.278. The van der Waals surface area contributed by atoms with Crippen molar-refractivity contribution in [3.8, 4) is 6.07 Å². The number of hydrogen-bond donors (Lipinski definition) is 0. The summed E-state index contributed by atoms with van der Waals surface area (Å²) >= 11 is 0. The van der Waals surface area contributed by atoms with Gasteiger partial charge in [0.1, 0.15) is 0 Å². The van der Waals surface area contributed by atoms with E-state index in [1.54, 1.807) is 0 Å². The van der Waals surface area contributed by atoms with E-state index in [9.17, 15) is 0 Å². The van der Waals surface area contributed by atoms with Gasteiger partial charge in [0.05, 0.1) is 16.5 Å². The lowest BCUT2D eigenvalue weighted by Crippen LogP contribution is -2.63. The molecule has 1 rings (SSSR count). The fourth-order valence-electron chi connectivity index (χ4n) is 2.03. The number of rotatable bonds is 2. The average molecular weight is 211 g/mol. The van der Waals surface area contributed by atoms with E-state index in [1.165, 1.54) is 0 Å². The first kappa shape index (κ1) is 11.7. The van der Waals surface area contributed by atoms with Gasteiger partial charge in [0.25, 0.3) is 0 Å². The molecule has 1 heterocycles. The maximum atomic E-state index is 8.59. The molecule has 0 bridgehead atoms. The highest BCUT2D eigenvalue weighted by atomic mass is 28.2. The van der Waals surface area contributed by atoms with Crippen LogP contribution in [0.3, 0.4) is 0 Å². The Morgan fingerprint density at radius 1 is 1.50 bits per heavy atom. The second kappa shape index (κ2) is 4.43. The first-order chi connectivity index (χ1) is 6.50. The Kier molecular flexibility index (Phi) is 3.70. The van der Waals surface area contributed by atoms with Gasteiger partial charge < -0.3 is 4.57 Å². The summed E-state index contributed by atoms with van der Waals surface area (Å²) in [6.07, 6.45) is 0.654. The molecular weight excluding hydrogens is 190 g/mol. The lowest BCUT2D eigenvalue weighted by atomic mass is 9.92. The highest BCUT2D eigenvalue weighted by Crippen LogP contribution is 2.25. The Labute approximate surface area is 90.2 Å². The Morgan fingerprint density at radius 3 is 2.71 bits per heavy atom. The molecule has 80 valence electrons. The van der Waals surface area contributed by atoms with Gasteiger partial charge in [-0.05, 0) is 20.8 Å². The molecule has 0 aromatic rings. The quantitative estimate of drug-likeness (QED) is 0.601. The second-order valence-corrected chi connectivity index (χ2v) is 5.77. The Balaban J connectivity index is 2.61. The van der Waals surface area contributed by atoms with Gasteiger partial charge >= 0.3 is 0 Å². The van der Waals surface area contributed by atoms with Crippen LogP contribution in [0.5, 0.6) is 0 Å². The predicted octanol–water partition coefficient (Wildman–Crippen LogP) is -0.0348. The van der Waals surface area contributed by atoms with Crippen LogP contribution in [-0.2, 0) is 0 Å². The van der Waals surface area contributed by atoms with Crippen LogP contribution in [0.15, 0.2) is 0 Å². The van der Waals surface area contributed by atoms with Gasteiger partial charge in [-0.1, -0.05) is 0 Å². The van der Waals surface area contributed by atoms with Gasteiger partial charge in [-0.25, -0.2) is 0 Å². The van der Waals surface area contributed by atoms with Gasteiger partial charge in [-0.3, -0.25) is 4.90 Å². The van der Waals surface area contributed by atoms with Crippen molar-refractivity contribution in [2.24, 2.45) is 0 Å². The third-order valence-electron chi connectivity index (χ3n) is 3.79. The van der Waals surface area contributed by atoms with Crippen molar-refractivity contribution in [2.75, 3.05) is 19.6 Å². The summed E-state index contributed by atoms with van der Waals surface area (Å²) in [6.45, 7) is 10.1. The van der Waals surface area contributed by atoms with E-state index in [0.717, 1.165) is 30.0 Å². The highest BCUT2D eigenvalue weighted by molar-refractivity contribution is 6.05. The number of piperazine rings is 1. The molecule has 0 aromatic carbocycles. The van der Waals surface area contributed by atoms with Crippen molar-refractivity contribution < 1.29 is 0 Å². The van der Waals surface area contributed by atoms with Crippen molar-refractivity contribution in [2.45, 2.75) is 38.8 Å². The first-order valence-electron chi connectivity index (χ1n) is 5.32. The van der Waals surface area contributed by atoms with E-state index in [0.29, 0.717) is 12.5 Å². The standard InChI is InChI=1S/C10H21N3Si/c1-9-10(2,3)13(14)8-7-12(9)6-4-5-11/h9H,4,6-8H2,1-3,14H3. The van der Waals surface area contributed by atoms with Crippen LogP contribution in [0.25, 0.3) is 0 Å². The van der Waals surface area contributed by atoms with Crippen LogP contribution in [-0.4, -0.2) is 51.1 Å².